The minimum atomic E-state index is -0.0643. The fraction of sp³-hybridized carbons (Fsp3) is 0.263. The average Bonchev–Trinajstić information content (AvgIpc) is 2.99. The van der Waals surface area contributed by atoms with Gasteiger partial charge in [0.25, 0.3) is 0 Å². The number of thioether (sulfide) groups is 1. The minimum absolute atomic E-state index is 0.0643. The number of carbonyl (C=O) groups is 1. The molecule has 0 atom stereocenters. The van der Waals surface area contributed by atoms with Crippen LogP contribution in [0.3, 0.4) is 0 Å². The summed E-state index contributed by atoms with van der Waals surface area (Å²) in [7, 11) is 0. The topological polar surface area (TPSA) is 72.7 Å². The van der Waals surface area contributed by atoms with Crippen LogP contribution in [0.1, 0.15) is 23.9 Å². The number of amides is 1. The molecule has 1 amide bonds. The fourth-order valence-electron chi connectivity index (χ4n) is 2.55. The first-order chi connectivity index (χ1) is 12.5. The molecule has 0 aliphatic carbocycles. The molecule has 1 aromatic carbocycles. The number of hydrogen-bond acceptors (Lipinski definition) is 5. The molecule has 0 radical (unpaired) electrons. The van der Waals surface area contributed by atoms with Gasteiger partial charge in [-0.25, -0.2) is 14.6 Å². The first-order valence-corrected chi connectivity index (χ1v) is 9.41. The number of benzene rings is 1. The highest BCUT2D eigenvalue weighted by Crippen LogP contribution is 2.19. The molecular weight excluding hydrogens is 346 g/mol. The molecule has 0 saturated heterocycles. The van der Waals surface area contributed by atoms with Crippen LogP contribution in [-0.2, 0) is 11.2 Å². The van der Waals surface area contributed by atoms with Gasteiger partial charge >= 0.3 is 0 Å². The van der Waals surface area contributed by atoms with Gasteiger partial charge in [0, 0.05) is 17.4 Å². The van der Waals surface area contributed by atoms with Gasteiger partial charge in [-0.1, -0.05) is 30.8 Å². The Hall–Kier alpha value is -2.67. The Morgan fingerprint density at radius 2 is 1.92 bits per heavy atom. The van der Waals surface area contributed by atoms with Crippen molar-refractivity contribution < 1.29 is 4.79 Å². The zero-order chi connectivity index (χ0) is 18.5. The predicted molar refractivity (Wildman–Crippen MR) is 104 cm³/mol. The highest BCUT2D eigenvalue weighted by Gasteiger charge is 2.09. The molecule has 0 spiro atoms. The molecule has 0 fully saturated rings. The van der Waals surface area contributed by atoms with Crippen molar-refractivity contribution in [2.45, 2.75) is 32.2 Å². The van der Waals surface area contributed by atoms with Gasteiger partial charge in [0.15, 0.2) is 5.82 Å². The Morgan fingerprint density at radius 3 is 2.58 bits per heavy atom. The molecule has 3 rings (SSSR count). The summed E-state index contributed by atoms with van der Waals surface area (Å²) in [5, 5.41) is 8.06. The number of aryl methyl sites for hydroxylation is 3. The maximum absolute atomic E-state index is 12.2. The highest BCUT2D eigenvalue weighted by molar-refractivity contribution is 7.99. The second-order valence-electron chi connectivity index (χ2n) is 5.94. The van der Waals surface area contributed by atoms with Crippen molar-refractivity contribution in [3.05, 3.63) is 59.7 Å². The normalized spacial score (nSPS) is 10.7. The smallest absolute Gasteiger partial charge is 0.234 e. The van der Waals surface area contributed by atoms with E-state index in [2.05, 4.69) is 27.3 Å². The third-order valence-electron chi connectivity index (χ3n) is 3.85. The van der Waals surface area contributed by atoms with Crippen molar-refractivity contribution in [2.75, 3.05) is 11.1 Å². The molecule has 0 aliphatic heterocycles. The van der Waals surface area contributed by atoms with E-state index >= 15 is 0 Å². The fourth-order valence-corrected chi connectivity index (χ4v) is 3.21. The highest BCUT2D eigenvalue weighted by atomic mass is 32.2. The van der Waals surface area contributed by atoms with Crippen LogP contribution in [0.5, 0.6) is 0 Å². The van der Waals surface area contributed by atoms with Crippen LogP contribution < -0.4 is 5.32 Å². The molecule has 0 saturated carbocycles. The van der Waals surface area contributed by atoms with Gasteiger partial charge in [0.2, 0.25) is 5.91 Å². The summed E-state index contributed by atoms with van der Waals surface area (Å²) in [6.45, 7) is 6.02. The Labute approximate surface area is 157 Å². The van der Waals surface area contributed by atoms with Crippen molar-refractivity contribution in [1.29, 1.82) is 0 Å². The van der Waals surface area contributed by atoms with Gasteiger partial charge in [-0.15, -0.1) is 0 Å². The van der Waals surface area contributed by atoms with E-state index < -0.39 is 0 Å². The number of aromatic nitrogens is 4. The molecule has 26 heavy (non-hydrogen) atoms. The van der Waals surface area contributed by atoms with E-state index in [-0.39, 0.29) is 11.7 Å². The van der Waals surface area contributed by atoms with E-state index in [1.165, 1.54) is 23.7 Å². The SMILES string of the molecule is CCc1ccc(NC(=O)CSc2cc(-n3nc(C)cc3C)ncn2)cc1. The summed E-state index contributed by atoms with van der Waals surface area (Å²) < 4.78 is 1.77. The summed E-state index contributed by atoms with van der Waals surface area (Å²) in [6.07, 6.45) is 2.48. The number of rotatable bonds is 6. The lowest BCUT2D eigenvalue weighted by molar-refractivity contribution is -0.113. The van der Waals surface area contributed by atoms with E-state index in [0.717, 1.165) is 28.5 Å². The quantitative estimate of drug-likeness (QED) is 0.533. The Balaban J connectivity index is 1.61. The number of anilines is 1. The first kappa shape index (κ1) is 18.1. The summed E-state index contributed by atoms with van der Waals surface area (Å²) in [6, 6.07) is 11.7. The van der Waals surface area contributed by atoms with E-state index in [9.17, 15) is 4.79 Å². The minimum Gasteiger partial charge on any atom is -0.325 e. The molecule has 0 unspecified atom stereocenters. The second-order valence-corrected chi connectivity index (χ2v) is 6.94. The Bertz CT molecular complexity index is 905. The molecule has 2 heterocycles. The van der Waals surface area contributed by atoms with E-state index in [0.29, 0.717) is 5.82 Å². The molecule has 3 aromatic rings. The van der Waals surface area contributed by atoms with Gasteiger partial charge in [0.05, 0.1) is 11.4 Å². The van der Waals surface area contributed by atoms with Gasteiger partial charge < -0.3 is 5.32 Å². The third-order valence-corrected chi connectivity index (χ3v) is 4.78. The Morgan fingerprint density at radius 1 is 1.15 bits per heavy atom. The second kappa shape index (κ2) is 8.14. The van der Waals surface area contributed by atoms with Gasteiger partial charge in [-0.05, 0) is 44.0 Å². The van der Waals surface area contributed by atoms with Crippen molar-refractivity contribution in [1.82, 2.24) is 19.7 Å². The summed E-state index contributed by atoms with van der Waals surface area (Å²) in [5.74, 6) is 0.914. The van der Waals surface area contributed by atoms with Gasteiger partial charge in [-0.2, -0.15) is 5.10 Å². The Kier molecular flexibility index (Phi) is 5.68. The lowest BCUT2D eigenvalue weighted by Crippen LogP contribution is -2.14. The molecule has 0 bridgehead atoms. The molecule has 6 nitrogen and oxygen atoms in total. The van der Waals surface area contributed by atoms with Gasteiger partial charge in [0.1, 0.15) is 11.4 Å². The average molecular weight is 367 g/mol. The zero-order valence-electron chi connectivity index (χ0n) is 15.1. The number of nitrogens with one attached hydrogen (secondary N) is 1. The van der Waals surface area contributed by atoms with Crippen LogP contribution in [0.25, 0.3) is 5.82 Å². The van der Waals surface area contributed by atoms with Crippen LogP contribution >= 0.6 is 11.8 Å². The van der Waals surface area contributed by atoms with Crippen molar-refractivity contribution in [3.63, 3.8) is 0 Å². The number of nitrogens with zero attached hydrogens (tertiary/aromatic N) is 4. The van der Waals surface area contributed by atoms with Crippen LogP contribution in [0.2, 0.25) is 0 Å². The number of carbonyl (C=O) groups excluding carboxylic acids is 1. The molecule has 7 heteroatoms. The molecule has 2 aromatic heterocycles. The maximum Gasteiger partial charge on any atom is 0.234 e. The van der Waals surface area contributed by atoms with Crippen molar-refractivity contribution >= 4 is 23.4 Å². The summed E-state index contributed by atoms with van der Waals surface area (Å²) >= 11 is 1.37. The van der Waals surface area contributed by atoms with E-state index in [4.69, 9.17) is 0 Å². The predicted octanol–water partition coefficient (Wildman–Crippen LogP) is 3.57. The lowest BCUT2D eigenvalue weighted by atomic mass is 10.1. The molecular formula is C19H21N5OS. The van der Waals surface area contributed by atoms with Crippen LogP contribution in [0.15, 0.2) is 47.8 Å². The maximum atomic E-state index is 12.2. The standard InChI is InChI=1S/C19H21N5OS/c1-4-15-5-7-16(8-6-15)22-18(25)11-26-19-10-17(20-12-21-19)24-14(3)9-13(2)23-24/h5-10,12H,4,11H2,1-3H3,(H,22,25). The van der Waals surface area contributed by atoms with Gasteiger partial charge in [-0.3, -0.25) is 4.79 Å². The third kappa shape index (κ3) is 4.49. The largest absolute Gasteiger partial charge is 0.325 e. The van der Waals surface area contributed by atoms with Crippen LogP contribution in [0.4, 0.5) is 5.69 Å². The number of hydrogen-bond donors (Lipinski definition) is 1. The summed E-state index contributed by atoms with van der Waals surface area (Å²) in [5.41, 5.74) is 3.99. The first-order valence-electron chi connectivity index (χ1n) is 8.42. The molecule has 1 N–H and O–H groups in total. The lowest BCUT2D eigenvalue weighted by Gasteiger charge is -2.07. The molecule has 134 valence electrons. The monoisotopic (exact) mass is 367 g/mol. The van der Waals surface area contributed by atoms with Crippen LogP contribution in [-0.4, -0.2) is 31.4 Å². The molecule has 0 aliphatic rings. The zero-order valence-corrected chi connectivity index (χ0v) is 15.9. The van der Waals surface area contributed by atoms with Crippen molar-refractivity contribution in [3.8, 4) is 5.82 Å². The van der Waals surface area contributed by atoms with E-state index in [1.807, 2.05) is 50.2 Å². The van der Waals surface area contributed by atoms with Crippen LogP contribution in [0, 0.1) is 13.8 Å². The van der Waals surface area contributed by atoms with E-state index in [1.54, 1.807) is 4.68 Å². The van der Waals surface area contributed by atoms with Crippen molar-refractivity contribution in [2.24, 2.45) is 0 Å². The summed E-state index contributed by atoms with van der Waals surface area (Å²) in [4.78, 5) is 20.7.